The molecule has 2 aromatic rings. The first-order valence-corrected chi connectivity index (χ1v) is 9.80. The third-order valence-electron chi connectivity index (χ3n) is 5.59. The monoisotopic (exact) mass is 330 g/mol. The molecule has 1 saturated carbocycles. The number of nitrogens with zero attached hydrogens (tertiary/aromatic N) is 4. The zero-order valence-corrected chi connectivity index (χ0v) is 14.8. The number of rotatable bonds is 5. The molecule has 1 aliphatic heterocycles. The van der Waals surface area contributed by atoms with E-state index in [1.54, 1.807) is 11.3 Å². The van der Waals surface area contributed by atoms with Gasteiger partial charge in [0.2, 0.25) is 0 Å². The fourth-order valence-corrected chi connectivity index (χ4v) is 4.64. The molecule has 2 aliphatic rings. The molecule has 124 valence electrons. The molecule has 0 radical (unpaired) electrons. The summed E-state index contributed by atoms with van der Waals surface area (Å²) in [4.78, 5) is 13.1. The summed E-state index contributed by atoms with van der Waals surface area (Å²) in [5.74, 6) is 2.88. The van der Waals surface area contributed by atoms with Crippen molar-refractivity contribution in [2.75, 3.05) is 13.1 Å². The van der Waals surface area contributed by atoms with Crippen LogP contribution in [0.4, 0.5) is 0 Å². The van der Waals surface area contributed by atoms with Crippen LogP contribution < -0.4 is 0 Å². The van der Waals surface area contributed by atoms with Gasteiger partial charge in [-0.25, -0.2) is 9.97 Å². The van der Waals surface area contributed by atoms with E-state index in [1.165, 1.54) is 68.1 Å². The van der Waals surface area contributed by atoms with E-state index in [9.17, 15) is 0 Å². The first-order valence-electron chi connectivity index (χ1n) is 8.92. The number of likely N-dealkylation sites (tertiary alicyclic amines) is 1. The van der Waals surface area contributed by atoms with E-state index in [-0.39, 0.29) is 0 Å². The molecule has 1 aliphatic carbocycles. The van der Waals surface area contributed by atoms with Gasteiger partial charge in [0.05, 0.1) is 11.2 Å². The van der Waals surface area contributed by atoms with Crippen molar-refractivity contribution >= 4 is 11.3 Å². The highest BCUT2D eigenvalue weighted by Crippen LogP contribution is 2.32. The van der Waals surface area contributed by atoms with Crippen LogP contribution in [0.25, 0.3) is 0 Å². The summed E-state index contributed by atoms with van der Waals surface area (Å²) in [6, 6.07) is 0. The van der Waals surface area contributed by atoms with Crippen molar-refractivity contribution in [2.24, 2.45) is 5.92 Å². The molecule has 0 atom stereocenters. The average Bonchev–Trinajstić information content (AvgIpc) is 3.14. The number of hydrogen-bond acceptors (Lipinski definition) is 4. The molecule has 0 bridgehead atoms. The summed E-state index contributed by atoms with van der Waals surface area (Å²) in [5.41, 5.74) is 3.17. The molecule has 2 fully saturated rings. The van der Waals surface area contributed by atoms with Gasteiger partial charge in [0.1, 0.15) is 5.82 Å². The highest BCUT2D eigenvalue weighted by atomic mass is 32.1. The molecule has 4 rings (SSSR count). The Bertz CT molecular complexity index is 635. The van der Waals surface area contributed by atoms with Crippen molar-refractivity contribution in [2.45, 2.75) is 58.0 Å². The van der Waals surface area contributed by atoms with Gasteiger partial charge >= 0.3 is 0 Å². The summed E-state index contributed by atoms with van der Waals surface area (Å²) in [7, 11) is 0. The van der Waals surface area contributed by atoms with Crippen LogP contribution in [0, 0.1) is 12.8 Å². The lowest BCUT2D eigenvalue weighted by Crippen LogP contribution is -2.33. The van der Waals surface area contributed by atoms with Gasteiger partial charge in [0.25, 0.3) is 0 Å². The Hall–Kier alpha value is -1.20. The fourth-order valence-electron chi connectivity index (χ4n) is 3.82. The van der Waals surface area contributed by atoms with Gasteiger partial charge in [-0.1, -0.05) is 6.42 Å². The molecule has 1 saturated heterocycles. The lowest BCUT2D eigenvalue weighted by atomic mass is 9.85. The SMILES string of the molecule is Cc1ncsc1CN1CCC(c2nccn2CC2CCC2)CC1. The number of imidazole rings is 1. The van der Waals surface area contributed by atoms with Crippen LogP contribution in [0.15, 0.2) is 17.9 Å². The van der Waals surface area contributed by atoms with E-state index in [2.05, 4.69) is 27.6 Å². The molecular weight excluding hydrogens is 304 g/mol. The second kappa shape index (κ2) is 6.73. The van der Waals surface area contributed by atoms with E-state index < -0.39 is 0 Å². The molecular formula is C18H26N4S. The van der Waals surface area contributed by atoms with E-state index >= 15 is 0 Å². The van der Waals surface area contributed by atoms with Crippen LogP contribution in [0.5, 0.6) is 0 Å². The zero-order valence-electron chi connectivity index (χ0n) is 13.9. The smallest absolute Gasteiger partial charge is 0.111 e. The van der Waals surface area contributed by atoms with Crippen molar-refractivity contribution in [3.63, 3.8) is 0 Å². The number of piperidine rings is 1. The Morgan fingerprint density at radius 1 is 1.17 bits per heavy atom. The highest BCUT2D eigenvalue weighted by molar-refractivity contribution is 7.09. The third-order valence-corrected chi connectivity index (χ3v) is 6.51. The summed E-state index contributed by atoms with van der Waals surface area (Å²) in [5, 5.41) is 0. The predicted molar refractivity (Wildman–Crippen MR) is 93.7 cm³/mol. The topological polar surface area (TPSA) is 34.0 Å². The first-order chi connectivity index (χ1) is 11.3. The molecule has 0 N–H and O–H groups in total. The molecule has 5 heteroatoms. The summed E-state index contributed by atoms with van der Waals surface area (Å²) in [6.45, 7) is 6.74. The van der Waals surface area contributed by atoms with Gasteiger partial charge in [-0.15, -0.1) is 11.3 Å². The van der Waals surface area contributed by atoms with E-state index in [1.807, 2.05) is 11.7 Å². The molecule has 0 aromatic carbocycles. The fraction of sp³-hybridized carbons (Fsp3) is 0.667. The van der Waals surface area contributed by atoms with Crippen molar-refractivity contribution in [3.05, 3.63) is 34.3 Å². The second-order valence-electron chi connectivity index (χ2n) is 7.15. The Morgan fingerprint density at radius 3 is 2.65 bits per heavy atom. The quantitative estimate of drug-likeness (QED) is 0.835. The minimum Gasteiger partial charge on any atom is -0.334 e. The molecule has 0 spiro atoms. The van der Waals surface area contributed by atoms with Crippen LogP contribution in [0.1, 0.15) is 54.4 Å². The summed E-state index contributed by atoms with van der Waals surface area (Å²) < 4.78 is 2.44. The Morgan fingerprint density at radius 2 is 2.00 bits per heavy atom. The number of hydrogen-bond donors (Lipinski definition) is 0. The minimum atomic E-state index is 0.642. The van der Waals surface area contributed by atoms with Gasteiger partial charge in [0, 0.05) is 36.3 Å². The average molecular weight is 331 g/mol. The number of thiazole rings is 1. The van der Waals surface area contributed by atoms with E-state index in [0.29, 0.717) is 5.92 Å². The largest absolute Gasteiger partial charge is 0.334 e. The summed E-state index contributed by atoms with van der Waals surface area (Å²) >= 11 is 1.79. The minimum absolute atomic E-state index is 0.642. The Labute approximate surface area is 142 Å². The summed E-state index contributed by atoms with van der Waals surface area (Å²) in [6.07, 6.45) is 10.9. The van der Waals surface area contributed by atoms with Gasteiger partial charge in [0.15, 0.2) is 0 Å². The molecule has 3 heterocycles. The number of aromatic nitrogens is 3. The van der Waals surface area contributed by atoms with Crippen LogP contribution >= 0.6 is 11.3 Å². The maximum absolute atomic E-state index is 4.70. The molecule has 0 amide bonds. The first kappa shape index (κ1) is 15.3. The Balaban J connectivity index is 1.34. The van der Waals surface area contributed by atoms with Crippen molar-refractivity contribution in [1.82, 2.24) is 19.4 Å². The lowest BCUT2D eigenvalue weighted by Gasteiger charge is -2.32. The molecule has 2 aromatic heterocycles. The maximum atomic E-state index is 4.70. The lowest BCUT2D eigenvalue weighted by molar-refractivity contribution is 0.198. The van der Waals surface area contributed by atoms with Crippen LogP contribution in [0.3, 0.4) is 0 Å². The van der Waals surface area contributed by atoms with Crippen LogP contribution in [0.2, 0.25) is 0 Å². The van der Waals surface area contributed by atoms with Crippen molar-refractivity contribution < 1.29 is 0 Å². The maximum Gasteiger partial charge on any atom is 0.111 e. The van der Waals surface area contributed by atoms with Gasteiger partial charge in [-0.05, 0) is 51.6 Å². The standard InChI is InChI=1S/C18H26N4S/c1-14-17(23-13-20-14)12-21-8-5-16(6-9-21)18-19-7-10-22(18)11-15-3-2-4-15/h7,10,13,15-16H,2-6,8-9,11-12H2,1H3. The third kappa shape index (κ3) is 3.36. The van der Waals surface area contributed by atoms with Crippen molar-refractivity contribution in [1.29, 1.82) is 0 Å². The van der Waals surface area contributed by atoms with Gasteiger partial charge < -0.3 is 4.57 Å². The Kier molecular flexibility index (Phi) is 4.49. The van der Waals surface area contributed by atoms with Crippen LogP contribution in [-0.4, -0.2) is 32.5 Å². The zero-order chi connectivity index (χ0) is 15.6. The van der Waals surface area contributed by atoms with Gasteiger partial charge in [-0.3, -0.25) is 4.90 Å². The van der Waals surface area contributed by atoms with Gasteiger partial charge in [-0.2, -0.15) is 0 Å². The molecule has 0 unspecified atom stereocenters. The van der Waals surface area contributed by atoms with E-state index in [4.69, 9.17) is 4.98 Å². The van der Waals surface area contributed by atoms with E-state index in [0.717, 1.165) is 12.5 Å². The number of aryl methyl sites for hydroxylation is 1. The van der Waals surface area contributed by atoms with Crippen molar-refractivity contribution in [3.8, 4) is 0 Å². The predicted octanol–water partition coefficient (Wildman–Crippen LogP) is 3.83. The highest BCUT2D eigenvalue weighted by Gasteiger charge is 2.26. The normalized spacial score (nSPS) is 20.7. The second-order valence-corrected chi connectivity index (χ2v) is 8.09. The molecule has 23 heavy (non-hydrogen) atoms. The molecule has 4 nitrogen and oxygen atoms in total. The van der Waals surface area contributed by atoms with Crippen LogP contribution in [-0.2, 0) is 13.1 Å².